The number of carbonyl (C=O) groups excluding carboxylic acids is 1. The molecule has 162 valence electrons. The van der Waals surface area contributed by atoms with Gasteiger partial charge in [0.15, 0.2) is 5.96 Å². The van der Waals surface area contributed by atoms with Gasteiger partial charge in [0, 0.05) is 26.1 Å². The van der Waals surface area contributed by atoms with Gasteiger partial charge in [-0.3, -0.25) is 4.99 Å². The van der Waals surface area contributed by atoms with Gasteiger partial charge in [-0.15, -0.1) is 24.0 Å². The molecule has 0 amide bonds. The van der Waals surface area contributed by atoms with Crippen LogP contribution in [0.15, 0.2) is 47.5 Å². The topological polar surface area (TPSA) is 72.0 Å². The first kappa shape index (κ1) is 24.0. The van der Waals surface area contributed by atoms with E-state index in [4.69, 9.17) is 9.47 Å². The molecule has 1 heterocycles. The van der Waals surface area contributed by atoms with E-state index in [1.165, 1.54) is 18.2 Å². The van der Waals surface area contributed by atoms with E-state index in [9.17, 15) is 4.79 Å². The number of hydrogen-bond donors (Lipinski definition) is 2. The van der Waals surface area contributed by atoms with Gasteiger partial charge in [-0.05, 0) is 54.7 Å². The Hall–Kier alpha value is -2.29. The highest BCUT2D eigenvalue weighted by atomic mass is 127. The first-order valence-electron chi connectivity index (χ1n) is 10.1. The lowest BCUT2D eigenvalue weighted by molar-refractivity contribution is 0.0600. The summed E-state index contributed by atoms with van der Waals surface area (Å²) in [6, 6.07) is 13.9. The highest BCUT2D eigenvalue weighted by molar-refractivity contribution is 14.0. The number of methoxy groups -OCH3 is 1. The van der Waals surface area contributed by atoms with Crippen LogP contribution in [-0.4, -0.2) is 45.3 Å². The quantitative estimate of drug-likeness (QED) is 0.240. The van der Waals surface area contributed by atoms with Crippen molar-refractivity contribution in [3.8, 4) is 5.75 Å². The summed E-state index contributed by atoms with van der Waals surface area (Å²) in [4.78, 5) is 16.1. The Morgan fingerprint density at radius 2 is 1.87 bits per heavy atom. The number of nitrogens with one attached hydrogen (secondary N) is 2. The van der Waals surface area contributed by atoms with E-state index in [1.54, 1.807) is 12.1 Å². The molecule has 2 aromatic rings. The van der Waals surface area contributed by atoms with E-state index < -0.39 is 0 Å². The van der Waals surface area contributed by atoms with Crippen LogP contribution in [0.3, 0.4) is 0 Å². The van der Waals surface area contributed by atoms with Crippen LogP contribution in [0.4, 0.5) is 0 Å². The second-order valence-corrected chi connectivity index (χ2v) is 6.92. The van der Waals surface area contributed by atoms with E-state index in [0.29, 0.717) is 12.1 Å². The second kappa shape index (κ2) is 12.4. The van der Waals surface area contributed by atoms with Gasteiger partial charge in [0.1, 0.15) is 5.75 Å². The Kier molecular flexibility index (Phi) is 9.93. The van der Waals surface area contributed by atoms with Crippen LogP contribution in [0.1, 0.15) is 34.0 Å². The van der Waals surface area contributed by atoms with Crippen LogP contribution in [0.5, 0.6) is 5.75 Å². The monoisotopic (exact) mass is 523 g/mol. The number of carbonyl (C=O) groups is 1. The van der Waals surface area contributed by atoms with E-state index in [2.05, 4.69) is 40.7 Å². The molecule has 0 spiro atoms. The van der Waals surface area contributed by atoms with Crippen molar-refractivity contribution in [2.24, 2.45) is 4.99 Å². The Labute approximate surface area is 195 Å². The minimum Gasteiger partial charge on any atom is -0.493 e. The standard InChI is InChI=1S/C23H29N3O3.HI/c1-3-24-23(25-13-10-17-4-7-19(8-5-17)22(27)28-2)26-14-11-18-6-9-21-20(16-18)12-15-29-21;/h4-9,16H,3,10-15H2,1-2H3,(H2,24,25,26);1H. The maximum atomic E-state index is 11.5. The summed E-state index contributed by atoms with van der Waals surface area (Å²) in [5.74, 6) is 1.53. The number of esters is 1. The predicted molar refractivity (Wildman–Crippen MR) is 130 cm³/mol. The minimum absolute atomic E-state index is 0. The average molecular weight is 523 g/mol. The number of benzene rings is 2. The SMILES string of the molecule is CCNC(=NCCc1ccc(C(=O)OC)cc1)NCCc1ccc2c(c1)CCO2.I. The summed E-state index contributed by atoms with van der Waals surface area (Å²) in [6.45, 7) is 5.15. The second-order valence-electron chi connectivity index (χ2n) is 6.92. The van der Waals surface area contributed by atoms with Crippen molar-refractivity contribution >= 4 is 35.9 Å². The van der Waals surface area contributed by atoms with Gasteiger partial charge in [-0.2, -0.15) is 0 Å². The average Bonchev–Trinajstić information content (AvgIpc) is 3.21. The van der Waals surface area contributed by atoms with E-state index >= 15 is 0 Å². The molecular formula is C23H30IN3O3. The third kappa shape index (κ3) is 6.90. The van der Waals surface area contributed by atoms with Crippen molar-refractivity contribution in [2.75, 3.05) is 33.4 Å². The Bertz CT molecular complexity index is 853. The zero-order valence-corrected chi connectivity index (χ0v) is 19.9. The van der Waals surface area contributed by atoms with Crippen LogP contribution in [0, 0.1) is 0 Å². The first-order valence-corrected chi connectivity index (χ1v) is 10.1. The molecule has 3 rings (SSSR count). The van der Waals surface area contributed by atoms with Crippen LogP contribution in [-0.2, 0) is 24.0 Å². The molecule has 0 saturated heterocycles. The molecule has 0 radical (unpaired) electrons. The molecular weight excluding hydrogens is 493 g/mol. The summed E-state index contributed by atoms with van der Waals surface area (Å²) < 4.78 is 10.3. The van der Waals surface area contributed by atoms with Gasteiger partial charge in [0.25, 0.3) is 0 Å². The van der Waals surface area contributed by atoms with Crippen molar-refractivity contribution in [1.29, 1.82) is 0 Å². The van der Waals surface area contributed by atoms with Crippen molar-refractivity contribution in [3.63, 3.8) is 0 Å². The van der Waals surface area contributed by atoms with Crippen LogP contribution >= 0.6 is 24.0 Å². The number of hydrogen-bond acceptors (Lipinski definition) is 4. The smallest absolute Gasteiger partial charge is 0.337 e. The molecule has 6 nitrogen and oxygen atoms in total. The first-order chi connectivity index (χ1) is 14.2. The van der Waals surface area contributed by atoms with Gasteiger partial charge >= 0.3 is 5.97 Å². The van der Waals surface area contributed by atoms with Crippen molar-refractivity contribution in [1.82, 2.24) is 10.6 Å². The highest BCUT2D eigenvalue weighted by Gasteiger charge is 2.11. The third-order valence-corrected chi connectivity index (χ3v) is 4.85. The number of rotatable bonds is 8. The molecule has 0 unspecified atom stereocenters. The Balaban J connectivity index is 0.00000320. The molecule has 0 saturated carbocycles. The fraction of sp³-hybridized carbons (Fsp3) is 0.391. The summed E-state index contributed by atoms with van der Waals surface area (Å²) in [5, 5.41) is 6.69. The summed E-state index contributed by atoms with van der Waals surface area (Å²) in [5.41, 5.74) is 4.31. The number of ether oxygens (including phenoxy) is 2. The molecule has 0 bridgehead atoms. The fourth-order valence-electron chi connectivity index (χ4n) is 3.28. The molecule has 1 aliphatic rings. The number of guanidine groups is 1. The minimum atomic E-state index is -0.316. The summed E-state index contributed by atoms with van der Waals surface area (Å²) >= 11 is 0. The highest BCUT2D eigenvalue weighted by Crippen LogP contribution is 2.25. The van der Waals surface area contributed by atoms with E-state index in [-0.39, 0.29) is 29.9 Å². The summed E-state index contributed by atoms with van der Waals surface area (Å²) in [6.07, 6.45) is 2.75. The molecule has 2 aromatic carbocycles. The van der Waals surface area contributed by atoms with Crippen molar-refractivity contribution < 1.29 is 14.3 Å². The molecule has 1 aliphatic heterocycles. The van der Waals surface area contributed by atoms with E-state index in [0.717, 1.165) is 56.2 Å². The van der Waals surface area contributed by atoms with Crippen LogP contribution < -0.4 is 15.4 Å². The number of aliphatic imine (C=N–C) groups is 1. The zero-order valence-electron chi connectivity index (χ0n) is 17.6. The molecule has 0 atom stereocenters. The van der Waals surface area contributed by atoms with Gasteiger partial charge in [0.2, 0.25) is 0 Å². The third-order valence-electron chi connectivity index (χ3n) is 4.85. The van der Waals surface area contributed by atoms with Crippen LogP contribution in [0.25, 0.3) is 0 Å². The van der Waals surface area contributed by atoms with Gasteiger partial charge in [-0.25, -0.2) is 4.79 Å². The van der Waals surface area contributed by atoms with Crippen LogP contribution in [0.2, 0.25) is 0 Å². The summed E-state index contributed by atoms with van der Waals surface area (Å²) in [7, 11) is 1.39. The Morgan fingerprint density at radius 1 is 1.10 bits per heavy atom. The predicted octanol–water partition coefficient (Wildman–Crippen LogP) is 3.37. The van der Waals surface area contributed by atoms with E-state index in [1.807, 2.05) is 12.1 Å². The molecule has 0 aromatic heterocycles. The van der Waals surface area contributed by atoms with Gasteiger partial charge < -0.3 is 20.1 Å². The number of halogens is 1. The lowest BCUT2D eigenvalue weighted by atomic mass is 10.1. The fourth-order valence-corrected chi connectivity index (χ4v) is 3.28. The molecule has 30 heavy (non-hydrogen) atoms. The molecule has 7 heteroatoms. The molecule has 0 aliphatic carbocycles. The maximum Gasteiger partial charge on any atom is 0.337 e. The molecule has 0 fully saturated rings. The van der Waals surface area contributed by atoms with Gasteiger partial charge in [-0.1, -0.05) is 24.3 Å². The maximum absolute atomic E-state index is 11.5. The molecule has 2 N–H and O–H groups in total. The normalized spacial score (nSPS) is 12.4. The zero-order chi connectivity index (χ0) is 20.5. The Morgan fingerprint density at radius 3 is 2.60 bits per heavy atom. The lowest BCUT2D eigenvalue weighted by Crippen LogP contribution is -2.38. The number of fused-ring (bicyclic) bond motifs is 1. The largest absolute Gasteiger partial charge is 0.493 e. The van der Waals surface area contributed by atoms with Crippen molar-refractivity contribution in [2.45, 2.75) is 26.2 Å². The number of nitrogens with zero attached hydrogens (tertiary/aromatic N) is 1. The lowest BCUT2D eigenvalue weighted by Gasteiger charge is -2.12. The van der Waals surface area contributed by atoms with Crippen molar-refractivity contribution in [3.05, 3.63) is 64.7 Å². The van der Waals surface area contributed by atoms with Gasteiger partial charge in [0.05, 0.1) is 19.3 Å².